The number of benzene rings is 2. The third-order valence-corrected chi connectivity index (χ3v) is 2.43. The zero-order chi connectivity index (χ0) is 10.7. The second-order valence-electron chi connectivity index (χ2n) is 3.46. The van der Waals surface area contributed by atoms with E-state index in [0.717, 1.165) is 11.3 Å². The Hall–Kier alpha value is -1.76. The van der Waals surface area contributed by atoms with Gasteiger partial charge in [-0.05, 0) is 41.8 Å². The van der Waals surface area contributed by atoms with E-state index < -0.39 is 0 Å². The summed E-state index contributed by atoms with van der Waals surface area (Å²) in [5, 5.41) is 0. The molecular weight excluding hydrogens is 184 g/mol. The van der Waals surface area contributed by atoms with E-state index in [-0.39, 0.29) is 0 Å². The van der Waals surface area contributed by atoms with Crippen LogP contribution in [-0.4, -0.2) is 7.11 Å². The van der Waals surface area contributed by atoms with E-state index in [1.807, 2.05) is 30.3 Å². The molecule has 0 aliphatic rings. The van der Waals surface area contributed by atoms with Gasteiger partial charge < -0.3 is 4.74 Å². The number of aryl methyl sites for hydroxylation is 1. The second kappa shape index (κ2) is 4.18. The lowest BCUT2D eigenvalue weighted by atomic mass is 10.0. The summed E-state index contributed by atoms with van der Waals surface area (Å²) in [4.78, 5) is 0. The molecule has 75 valence electrons. The van der Waals surface area contributed by atoms with Crippen molar-refractivity contribution < 1.29 is 4.74 Å². The number of hydrogen-bond acceptors (Lipinski definition) is 1. The quantitative estimate of drug-likeness (QED) is 0.716. The van der Waals surface area contributed by atoms with Crippen molar-refractivity contribution in [3.8, 4) is 16.9 Å². The zero-order valence-corrected chi connectivity index (χ0v) is 8.95. The molecule has 0 fully saturated rings. The van der Waals surface area contributed by atoms with Crippen molar-refractivity contribution in [1.29, 1.82) is 0 Å². The zero-order valence-electron chi connectivity index (χ0n) is 8.95. The minimum Gasteiger partial charge on any atom is -0.497 e. The summed E-state index contributed by atoms with van der Waals surface area (Å²) in [6.07, 6.45) is 0. The molecule has 0 spiro atoms. The van der Waals surface area contributed by atoms with Crippen LogP contribution in [0, 0.1) is 13.0 Å². The summed E-state index contributed by atoms with van der Waals surface area (Å²) >= 11 is 0. The maximum absolute atomic E-state index is 5.18. The fraction of sp³-hybridized carbons (Fsp3) is 0.143. The first-order valence-corrected chi connectivity index (χ1v) is 4.93. The van der Waals surface area contributed by atoms with E-state index in [1.54, 1.807) is 7.11 Å². The minimum absolute atomic E-state index is 0.896. The van der Waals surface area contributed by atoms with Crippen LogP contribution in [0.25, 0.3) is 11.1 Å². The predicted molar refractivity (Wildman–Crippen MR) is 62.0 cm³/mol. The van der Waals surface area contributed by atoms with E-state index in [4.69, 9.17) is 4.74 Å². The highest BCUT2D eigenvalue weighted by Gasteiger charge is 2.02. The minimum atomic E-state index is 0.896. The van der Waals surface area contributed by atoms with Crippen LogP contribution in [0.5, 0.6) is 5.75 Å². The van der Waals surface area contributed by atoms with E-state index in [0.29, 0.717) is 0 Å². The average Bonchev–Trinajstić information content (AvgIpc) is 2.30. The van der Waals surface area contributed by atoms with Crippen LogP contribution in [0.15, 0.2) is 42.5 Å². The Balaban J connectivity index is 2.46. The summed E-state index contributed by atoms with van der Waals surface area (Å²) < 4.78 is 5.18. The van der Waals surface area contributed by atoms with Crippen molar-refractivity contribution in [2.75, 3.05) is 7.11 Å². The lowest BCUT2D eigenvalue weighted by Crippen LogP contribution is -1.87. The first-order valence-electron chi connectivity index (χ1n) is 4.93. The SMILES string of the molecule is COc1ccc(-c2[c]cccc2)c(C)c1. The molecule has 0 aliphatic heterocycles. The van der Waals surface area contributed by atoms with Gasteiger partial charge in [-0.25, -0.2) is 0 Å². The molecule has 0 saturated carbocycles. The van der Waals surface area contributed by atoms with Crippen LogP contribution in [0.4, 0.5) is 0 Å². The van der Waals surface area contributed by atoms with Crippen LogP contribution < -0.4 is 4.74 Å². The Morgan fingerprint density at radius 3 is 2.60 bits per heavy atom. The van der Waals surface area contributed by atoms with Gasteiger partial charge in [-0.2, -0.15) is 0 Å². The van der Waals surface area contributed by atoms with Crippen molar-refractivity contribution in [2.45, 2.75) is 6.92 Å². The Morgan fingerprint density at radius 2 is 2.00 bits per heavy atom. The molecule has 15 heavy (non-hydrogen) atoms. The van der Waals surface area contributed by atoms with E-state index in [2.05, 4.69) is 25.1 Å². The second-order valence-corrected chi connectivity index (χ2v) is 3.46. The number of hydrogen-bond donors (Lipinski definition) is 0. The first kappa shape index (κ1) is 9.78. The van der Waals surface area contributed by atoms with Gasteiger partial charge in [0.25, 0.3) is 0 Å². The van der Waals surface area contributed by atoms with Crippen LogP contribution in [0.3, 0.4) is 0 Å². The summed E-state index contributed by atoms with van der Waals surface area (Å²) in [5.74, 6) is 0.896. The van der Waals surface area contributed by atoms with Gasteiger partial charge in [0.1, 0.15) is 5.75 Å². The summed E-state index contributed by atoms with van der Waals surface area (Å²) in [6.45, 7) is 2.08. The highest BCUT2D eigenvalue weighted by Crippen LogP contribution is 2.25. The molecule has 0 amide bonds. The molecule has 2 aromatic rings. The summed E-state index contributed by atoms with van der Waals surface area (Å²) in [5.41, 5.74) is 3.53. The Labute approximate surface area is 90.3 Å². The monoisotopic (exact) mass is 197 g/mol. The largest absolute Gasteiger partial charge is 0.497 e. The van der Waals surface area contributed by atoms with E-state index in [1.165, 1.54) is 11.1 Å². The van der Waals surface area contributed by atoms with Gasteiger partial charge in [0, 0.05) is 0 Å². The van der Waals surface area contributed by atoms with Crippen molar-refractivity contribution in [3.63, 3.8) is 0 Å². The van der Waals surface area contributed by atoms with Gasteiger partial charge in [-0.15, -0.1) is 0 Å². The van der Waals surface area contributed by atoms with Crippen molar-refractivity contribution in [1.82, 2.24) is 0 Å². The maximum atomic E-state index is 5.18. The molecule has 1 heteroatoms. The van der Waals surface area contributed by atoms with Crippen LogP contribution in [0.1, 0.15) is 5.56 Å². The Morgan fingerprint density at radius 1 is 1.13 bits per heavy atom. The molecule has 2 rings (SSSR count). The van der Waals surface area contributed by atoms with Gasteiger partial charge in [0.05, 0.1) is 7.11 Å². The number of methoxy groups -OCH3 is 1. The summed E-state index contributed by atoms with van der Waals surface area (Å²) in [6, 6.07) is 17.3. The van der Waals surface area contributed by atoms with Gasteiger partial charge >= 0.3 is 0 Å². The smallest absolute Gasteiger partial charge is 0.119 e. The topological polar surface area (TPSA) is 9.23 Å². The fourth-order valence-corrected chi connectivity index (χ4v) is 1.63. The number of rotatable bonds is 2. The molecule has 0 aliphatic carbocycles. The molecule has 0 saturated heterocycles. The normalized spacial score (nSPS) is 10.0. The standard InChI is InChI=1S/C14H13O/c1-11-10-13(15-2)8-9-14(11)12-6-4-3-5-7-12/h3-6,8-10H,1-2H3. The third kappa shape index (κ3) is 2.01. The van der Waals surface area contributed by atoms with Gasteiger partial charge in [-0.3, -0.25) is 0 Å². The van der Waals surface area contributed by atoms with Crippen molar-refractivity contribution >= 4 is 0 Å². The Kier molecular flexibility index (Phi) is 2.72. The molecule has 0 atom stereocenters. The van der Waals surface area contributed by atoms with E-state index >= 15 is 0 Å². The molecule has 0 aromatic heterocycles. The van der Waals surface area contributed by atoms with Gasteiger partial charge in [0.2, 0.25) is 0 Å². The van der Waals surface area contributed by atoms with Crippen molar-refractivity contribution in [2.24, 2.45) is 0 Å². The maximum Gasteiger partial charge on any atom is 0.119 e. The predicted octanol–water partition coefficient (Wildman–Crippen LogP) is 3.47. The molecule has 0 N–H and O–H groups in total. The lowest BCUT2D eigenvalue weighted by molar-refractivity contribution is 0.414. The molecular formula is C14H13O. The van der Waals surface area contributed by atoms with Crippen LogP contribution >= 0.6 is 0 Å². The number of ether oxygens (including phenoxy) is 1. The lowest BCUT2D eigenvalue weighted by Gasteiger charge is -2.07. The molecule has 0 bridgehead atoms. The average molecular weight is 197 g/mol. The highest BCUT2D eigenvalue weighted by molar-refractivity contribution is 5.67. The molecule has 0 unspecified atom stereocenters. The first-order chi connectivity index (χ1) is 7.31. The third-order valence-electron chi connectivity index (χ3n) is 2.43. The molecule has 2 aromatic carbocycles. The van der Waals surface area contributed by atoms with Gasteiger partial charge in [-0.1, -0.05) is 30.3 Å². The molecule has 1 nitrogen and oxygen atoms in total. The van der Waals surface area contributed by atoms with E-state index in [9.17, 15) is 0 Å². The van der Waals surface area contributed by atoms with Crippen LogP contribution in [-0.2, 0) is 0 Å². The van der Waals surface area contributed by atoms with Crippen molar-refractivity contribution in [3.05, 3.63) is 54.1 Å². The molecule has 1 radical (unpaired) electrons. The van der Waals surface area contributed by atoms with Crippen LogP contribution in [0.2, 0.25) is 0 Å². The Bertz CT molecular complexity index is 446. The highest BCUT2D eigenvalue weighted by atomic mass is 16.5. The molecule has 0 heterocycles. The fourth-order valence-electron chi connectivity index (χ4n) is 1.63. The van der Waals surface area contributed by atoms with Gasteiger partial charge in [0.15, 0.2) is 0 Å². The summed E-state index contributed by atoms with van der Waals surface area (Å²) in [7, 11) is 1.68.